The maximum Gasteiger partial charge on any atom is 0.195 e. The van der Waals surface area contributed by atoms with Crippen molar-refractivity contribution in [2.75, 3.05) is 5.73 Å². The number of H-pyrrole nitrogens is 1. The molecule has 0 atom stereocenters. The number of nitrogen functional groups attached to an aromatic ring is 1. The SMILES string of the molecule is Cc1ccc(N)cc1C(=O)c1c[nH]c2cccc(C)c12. The maximum absolute atomic E-state index is 12.8. The average molecular weight is 264 g/mol. The fraction of sp³-hybridized carbons (Fsp3) is 0.118. The number of carbonyl (C=O) groups is 1. The number of ketones is 1. The van der Waals surface area contributed by atoms with E-state index < -0.39 is 0 Å². The smallest absolute Gasteiger partial charge is 0.195 e. The van der Waals surface area contributed by atoms with E-state index in [1.54, 1.807) is 12.3 Å². The van der Waals surface area contributed by atoms with E-state index in [2.05, 4.69) is 4.98 Å². The first-order chi connectivity index (χ1) is 9.58. The summed E-state index contributed by atoms with van der Waals surface area (Å²) < 4.78 is 0. The zero-order valence-corrected chi connectivity index (χ0v) is 11.5. The Hall–Kier alpha value is -2.55. The number of carbonyl (C=O) groups excluding carboxylic acids is 1. The second-order valence-electron chi connectivity index (χ2n) is 5.10. The van der Waals surface area contributed by atoms with Crippen molar-refractivity contribution in [1.82, 2.24) is 4.98 Å². The zero-order chi connectivity index (χ0) is 14.3. The highest BCUT2D eigenvalue weighted by molar-refractivity contribution is 6.17. The molecule has 0 unspecified atom stereocenters. The van der Waals surface area contributed by atoms with Gasteiger partial charge in [0.05, 0.1) is 0 Å². The van der Waals surface area contributed by atoms with Crippen LogP contribution in [0.5, 0.6) is 0 Å². The highest BCUT2D eigenvalue weighted by atomic mass is 16.1. The van der Waals surface area contributed by atoms with Crippen molar-refractivity contribution in [3.8, 4) is 0 Å². The van der Waals surface area contributed by atoms with E-state index >= 15 is 0 Å². The van der Waals surface area contributed by atoms with Gasteiger partial charge in [-0.3, -0.25) is 4.79 Å². The molecule has 0 aliphatic rings. The summed E-state index contributed by atoms with van der Waals surface area (Å²) in [6, 6.07) is 11.4. The van der Waals surface area contributed by atoms with Crippen LogP contribution in [0.25, 0.3) is 10.9 Å². The Bertz CT molecular complexity index is 815. The van der Waals surface area contributed by atoms with Crippen LogP contribution >= 0.6 is 0 Å². The van der Waals surface area contributed by atoms with Crippen molar-refractivity contribution >= 4 is 22.4 Å². The lowest BCUT2D eigenvalue weighted by Crippen LogP contribution is -2.04. The van der Waals surface area contributed by atoms with Crippen LogP contribution in [0.3, 0.4) is 0 Å². The van der Waals surface area contributed by atoms with Crippen molar-refractivity contribution in [1.29, 1.82) is 0 Å². The van der Waals surface area contributed by atoms with E-state index in [1.807, 2.05) is 44.2 Å². The number of fused-ring (bicyclic) bond motifs is 1. The Labute approximate surface area is 117 Å². The average Bonchev–Trinajstić information content (AvgIpc) is 2.86. The first-order valence-corrected chi connectivity index (χ1v) is 6.55. The van der Waals surface area contributed by atoms with Crippen LogP contribution in [-0.4, -0.2) is 10.8 Å². The van der Waals surface area contributed by atoms with Crippen LogP contribution < -0.4 is 5.73 Å². The minimum absolute atomic E-state index is 0.00958. The van der Waals surface area contributed by atoms with E-state index in [-0.39, 0.29) is 5.78 Å². The van der Waals surface area contributed by atoms with Gasteiger partial charge in [-0.1, -0.05) is 18.2 Å². The molecule has 0 saturated heterocycles. The number of aromatic nitrogens is 1. The summed E-state index contributed by atoms with van der Waals surface area (Å²) in [6.45, 7) is 3.94. The topological polar surface area (TPSA) is 58.9 Å². The van der Waals surface area contributed by atoms with E-state index in [0.29, 0.717) is 16.8 Å². The van der Waals surface area contributed by atoms with Gasteiger partial charge in [-0.2, -0.15) is 0 Å². The Balaban J connectivity index is 2.21. The second-order valence-corrected chi connectivity index (χ2v) is 5.10. The number of aromatic amines is 1. The minimum Gasteiger partial charge on any atom is -0.399 e. The molecule has 3 heteroatoms. The molecule has 0 amide bonds. The van der Waals surface area contributed by atoms with Gasteiger partial charge in [0.2, 0.25) is 0 Å². The molecule has 0 saturated carbocycles. The third kappa shape index (κ3) is 1.88. The number of nitrogens with two attached hydrogens (primary N) is 1. The van der Waals surface area contributed by atoms with Crippen molar-refractivity contribution in [2.24, 2.45) is 0 Å². The Morgan fingerprint density at radius 2 is 1.85 bits per heavy atom. The number of benzene rings is 2. The molecule has 1 aromatic heterocycles. The monoisotopic (exact) mass is 264 g/mol. The predicted octanol–water partition coefficient (Wildman–Crippen LogP) is 3.60. The lowest BCUT2D eigenvalue weighted by Gasteiger charge is -2.06. The maximum atomic E-state index is 12.8. The van der Waals surface area contributed by atoms with Crippen molar-refractivity contribution in [3.63, 3.8) is 0 Å². The molecule has 3 nitrogen and oxygen atoms in total. The van der Waals surface area contributed by atoms with Gasteiger partial charge in [-0.25, -0.2) is 0 Å². The van der Waals surface area contributed by atoms with E-state index in [4.69, 9.17) is 5.73 Å². The number of hydrogen-bond donors (Lipinski definition) is 2. The van der Waals surface area contributed by atoms with Crippen LogP contribution in [0.4, 0.5) is 5.69 Å². The molecule has 1 heterocycles. The van der Waals surface area contributed by atoms with E-state index in [0.717, 1.165) is 22.0 Å². The Morgan fingerprint density at radius 3 is 2.65 bits per heavy atom. The summed E-state index contributed by atoms with van der Waals surface area (Å²) in [6.07, 6.45) is 1.78. The lowest BCUT2D eigenvalue weighted by atomic mass is 9.96. The molecule has 100 valence electrons. The molecule has 3 N–H and O–H groups in total. The van der Waals surface area contributed by atoms with Gasteiger partial charge >= 0.3 is 0 Å². The number of aryl methyl sites for hydroxylation is 2. The standard InChI is InChI=1S/C17H16N2O/c1-10-6-7-12(18)8-13(10)17(20)14-9-19-15-5-3-4-11(2)16(14)15/h3-9,19H,18H2,1-2H3. The van der Waals surface area contributed by atoms with Gasteiger partial charge in [0, 0.05) is 33.9 Å². The fourth-order valence-corrected chi connectivity index (χ4v) is 2.58. The molecule has 0 spiro atoms. The highest BCUT2D eigenvalue weighted by Gasteiger charge is 2.17. The number of hydrogen-bond acceptors (Lipinski definition) is 2. The second kappa shape index (κ2) is 4.53. The van der Waals surface area contributed by atoms with Crippen LogP contribution in [0, 0.1) is 13.8 Å². The zero-order valence-electron chi connectivity index (χ0n) is 11.5. The van der Waals surface area contributed by atoms with Crippen molar-refractivity contribution < 1.29 is 4.79 Å². The fourth-order valence-electron chi connectivity index (χ4n) is 2.58. The number of anilines is 1. The molecule has 3 rings (SSSR count). The van der Waals surface area contributed by atoms with Crippen LogP contribution in [0.1, 0.15) is 27.0 Å². The Kier molecular flexibility index (Phi) is 2.83. The van der Waals surface area contributed by atoms with Crippen LogP contribution in [-0.2, 0) is 0 Å². The number of rotatable bonds is 2. The summed E-state index contributed by atoms with van der Waals surface area (Å²) in [4.78, 5) is 15.9. The summed E-state index contributed by atoms with van der Waals surface area (Å²) in [5, 5.41) is 0.985. The minimum atomic E-state index is 0.00958. The molecule has 0 aliphatic heterocycles. The van der Waals surface area contributed by atoms with Gasteiger partial charge in [0.25, 0.3) is 0 Å². The molecular formula is C17H16N2O. The quantitative estimate of drug-likeness (QED) is 0.549. The summed E-state index contributed by atoms with van der Waals surface area (Å²) in [5.74, 6) is 0.00958. The number of nitrogens with one attached hydrogen (secondary N) is 1. The first kappa shape index (κ1) is 12.5. The normalized spacial score (nSPS) is 10.9. The molecule has 0 bridgehead atoms. The van der Waals surface area contributed by atoms with E-state index in [9.17, 15) is 4.79 Å². The largest absolute Gasteiger partial charge is 0.399 e. The predicted molar refractivity (Wildman–Crippen MR) is 82.1 cm³/mol. The van der Waals surface area contributed by atoms with Gasteiger partial charge in [0.15, 0.2) is 5.78 Å². The summed E-state index contributed by atoms with van der Waals surface area (Å²) >= 11 is 0. The Morgan fingerprint density at radius 1 is 1.05 bits per heavy atom. The van der Waals surface area contributed by atoms with Gasteiger partial charge in [-0.15, -0.1) is 0 Å². The van der Waals surface area contributed by atoms with Gasteiger partial charge < -0.3 is 10.7 Å². The summed E-state index contributed by atoms with van der Waals surface area (Å²) in [5.41, 5.74) is 10.8. The molecule has 20 heavy (non-hydrogen) atoms. The molecule has 0 aliphatic carbocycles. The third-order valence-electron chi connectivity index (χ3n) is 3.67. The molecule has 0 radical (unpaired) electrons. The van der Waals surface area contributed by atoms with Gasteiger partial charge in [-0.05, 0) is 43.2 Å². The summed E-state index contributed by atoms with van der Waals surface area (Å²) in [7, 11) is 0. The molecular weight excluding hydrogens is 248 g/mol. The third-order valence-corrected chi connectivity index (χ3v) is 3.67. The lowest BCUT2D eigenvalue weighted by molar-refractivity contribution is 0.103. The van der Waals surface area contributed by atoms with Crippen LogP contribution in [0.2, 0.25) is 0 Å². The molecule has 0 fully saturated rings. The van der Waals surface area contributed by atoms with Crippen molar-refractivity contribution in [2.45, 2.75) is 13.8 Å². The van der Waals surface area contributed by atoms with Crippen molar-refractivity contribution in [3.05, 3.63) is 64.8 Å². The van der Waals surface area contributed by atoms with E-state index in [1.165, 1.54) is 0 Å². The van der Waals surface area contributed by atoms with Crippen LogP contribution in [0.15, 0.2) is 42.6 Å². The molecule has 3 aromatic rings. The first-order valence-electron chi connectivity index (χ1n) is 6.55. The van der Waals surface area contributed by atoms with Gasteiger partial charge in [0.1, 0.15) is 0 Å². The highest BCUT2D eigenvalue weighted by Crippen LogP contribution is 2.26. The molecule has 2 aromatic carbocycles.